The topological polar surface area (TPSA) is 109 Å². The van der Waals surface area contributed by atoms with Gasteiger partial charge >= 0.3 is 0 Å². The van der Waals surface area contributed by atoms with Crippen LogP contribution < -0.4 is 5.56 Å². The van der Waals surface area contributed by atoms with Gasteiger partial charge < -0.3 is 14.6 Å². The Labute approximate surface area is 174 Å². The van der Waals surface area contributed by atoms with E-state index >= 15 is 0 Å². The molecule has 30 heavy (non-hydrogen) atoms. The molecular formula is C21H23N3O5S. The lowest BCUT2D eigenvalue weighted by Gasteiger charge is -2.22. The number of rotatable bonds is 8. The van der Waals surface area contributed by atoms with Crippen LogP contribution in [0.5, 0.6) is 0 Å². The molecule has 0 bridgehead atoms. The summed E-state index contributed by atoms with van der Waals surface area (Å²) in [5.74, 6) is -0.0974. The monoisotopic (exact) mass is 429 g/mol. The Morgan fingerprint density at radius 3 is 2.67 bits per heavy atom. The molecule has 1 amide bonds. The fourth-order valence-electron chi connectivity index (χ4n) is 3.12. The zero-order chi connectivity index (χ0) is 21.7. The summed E-state index contributed by atoms with van der Waals surface area (Å²) >= 11 is 0. The summed E-state index contributed by atoms with van der Waals surface area (Å²) in [4.78, 5) is 34.1. The first kappa shape index (κ1) is 21.7. The number of benzene rings is 2. The minimum atomic E-state index is -3.22. The van der Waals surface area contributed by atoms with Crippen molar-refractivity contribution in [3.63, 3.8) is 0 Å². The van der Waals surface area contributed by atoms with Gasteiger partial charge in [-0.2, -0.15) is 0 Å². The van der Waals surface area contributed by atoms with Gasteiger partial charge in [-0.05, 0) is 29.8 Å². The Bertz CT molecular complexity index is 1220. The number of para-hydroxylation sites is 1. The number of hydrogen-bond donors (Lipinski definition) is 1. The number of sulfone groups is 1. The molecule has 1 aromatic heterocycles. The number of amides is 1. The highest BCUT2D eigenvalue weighted by Gasteiger charge is 2.18. The van der Waals surface area contributed by atoms with E-state index in [1.165, 1.54) is 12.0 Å². The quantitative estimate of drug-likeness (QED) is 0.584. The third kappa shape index (κ3) is 5.52. The molecule has 0 saturated heterocycles. The molecule has 0 spiro atoms. The molecule has 0 aliphatic heterocycles. The minimum absolute atomic E-state index is 0.0819. The van der Waals surface area contributed by atoms with Crippen molar-refractivity contribution in [2.75, 3.05) is 26.5 Å². The van der Waals surface area contributed by atoms with Crippen molar-refractivity contribution in [1.29, 1.82) is 0 Å². The molecule has 3 rings (SSSR count). The lowest BCUT2D eigenvalue weighted by molar-refractivity contribution is 0.0675. The second-order valence-corrected chi connectivity index (χ2v) is 9.16. The van der Waals surface area contributed by atoms with Crippen LogP contribution in [0.4, 0.5) is 0 Å². The highest BCUT2D eigenvalue weighted by Crippen LogP contribution is 2.13. The van der Waals surface area contributed by atoms with E-state index in [2.05, 4.69) is 9.97 Å². The van der Waals surface area contributed by atoms with E-state index in [0.717, 1.165) is 6.26 Å². The van der Waals surface area contributed by atoms with E-state index in [4.69, 9.17) is 4.74 Å². The third-order valence-electron chi connectivity index (χ3n) is 4.46. The van der Waals surface area contributed by atoms with Crippen molar-refractivity contribution in [3.8, 4) is 0 Å². The van der Waals surface area contributed by atoms with Crippen molar-refractivity contribution in [1.82, 2.24) is 14.9 Å². The van der Waals surface area contributed by atoms with Crippen LogP contribution in [-0.4, -0.2) is 55.7 Å². The maximum Gasteiger partial charge on any atom is 0.258 e. The van der Waals surface area contributed by atoms with Crippen LogP contribution in [-0.2, 0) is 26.9 Å². The average molecular weight is 429 g/mol. The summed E-state index contributed by atoms with van der Waals surface area (Å²) in [5.41, 5.74) is 1.16. The number of carbonyl (C=O) groups excluding carboxylic acids is 1. The van der Waals surface area contributed by atoms with Crippen LogP contribution in [0.3, 0.4) is 0 Å². The van der Waals surface area contributed by atoms with Gasteiger partial charge in [-0.25, -0.2) is 13.4 Å². The molecule has 2 aromatic carbocycles. The zero-order valence-corrected chi connectivity index (χ0v) is 17.6. The van der Waals surface area contributed by atoms with E-state index in [9.17, 15) is 18.0 Å². The summed E-state index contributed by atoms with van der Waals surface area (Å²) in [6, 6.07) is 13.5. The maximum atomic E-state index is 13.1. The highest BCUT2D eigenvalue weighted by molar-refractivity contribution is 7.89. The van der Waals surface area contributed by atoms with Gasteiger partial charge in [0.05, 0.1) is 29.8 Å². The molecule has 0 aliphatic carbocycles. The zero-order valence-electron chi connectivity index (χ0n) is 16.8. The normalized spacial score (nSPS) is 11.5. The van der Waals surface area contributed by atoms with Crippen LogP contribution in [0.1, 0.15) is 21.7 Å². The number of hydrogen-bond acceptors (Lipinski definition) is 6. The number of fused-ring (bicyclic) bond motifs is 1. The number of methoxy groups -OCH3 is 1. The molecule has 9 heteroatoms. The molecule has 0 saturated carbocycles. The van der Waals surface area contributed by atoms with E-state index in [0.29, 0.717) is 34.5 Å². The molecule has 0 radical (unpaired) electrons. The van der Waals surface area contributed by atoms with Crippen LogP contribution in [0.15, 0.2) is 53.3 Å². The first-order valence-corrected chi connectivity index (χ1v) is 11.4. The van der Waals surface area contributed by atoms with Gasteiger partial charge in [-0.1, -0.05) is 24.3 Å². The number of aromatic nitrogens is 2. The maximum absolute atomic E-state index is 13.1. The van der Waals surface area contributed by atoms with E-state index in [1.807, 2.05) is 0 Å². The number of nitrogens with zero attached hydrogens (tertiary/aromatic N) is 2. The highest BCUT2D eigenvalue weighted by atomic mass is 32.2. The van der Waals surface area contributed by atoms with Gasteiger partial charge in [0.15, 0.2) is 9.84 Å². The van der Waals surface area contributed by atoms with E-state index in [1.54, 1.807) is 48.5 Å². The van der Waals surface area contributed by atoms with Gasteiger partial charge in [0.2, 0.25) is 0 Å². The lowest BCUT2D eigenvalue weighted by Crippen LogP contribution is -2.34. The Hall–Kier alpha value is -3.04. The summed E-state index contributed by atoms with van der Waals surface area (Å²) in [7, 11) is -1.69. The van der Waals surface area contributed by atoms with Crippen molar-refractivity contribution in [2.45, 2.75) is 12.3 Å². The third-order valence-corrected chi connectivity index (χ3v) is 5.32. The molecule has 1 heterocycles. The largest absolute Gasteiger partial charge is 0.383 e. The smallest absolute Gasteiger partial charge is 0.258 e. The SMILES string of the molecule is COCCN(Cc1nc2ccccc2c(=O)[nH]1)C(=O)c1cccc(CS(C)(=O)=O)c1. The number of ether oxygens (including phenoxy) is 1. The van der Waals surface area contributed by atoms with Gasteiger partial charge in [-0.15, -0.1) is 0 Å². The first-order valence-electron chi connectivity index (χ1n) is 9.29. The van der Waals surface area contributed by atoms with Gasteiger partial charge in [0.25, 0.3) is 11.5 Å². The molecular weight excluding hydrogens is 406 g/mol. The molecule has 8 nitrogen and oxygen atoms in total. The van der Waals surface area contributed by atoms with Crippen molar-refractivity contribution in [3.05, 3.63) is 75.8 Å². The molecule has 0 fully saturated rings. The molecule has 1 N–H and O–H groups in total. The molecule has 3 aromatic rings. The van der Waals surface area contributed by atoms with Crippen LogP contribution in [0.2, 0.25) is 0 Å². The van der Waals surface area contributed by atoms with Gasteiger partial charge in [0, 0.05) is 25.5 Å². The fraction of sp³-hybridized carbons (Fsp3) is 0.286. The van der Waals surface area contributed by atoms with Gasteiger partial charge in [0.1, 0.15) is 5.82 Å². The molecule has 0 unspecified atom stereocenters. The molecule has 0 atom stereocenters. The Morgan fingerprint density at radius 1 is 1.17 bits per heavy atom. The predicted octanol–water partition coefficient (Wildman–Crippen LogP) is 1.76. The predicted molar refractivity (Wildman–Crippen MR) is 114 cm³/mol. The summed E-state index contributed by atoms with van der Waals surface area (Å²) in [5, 5.41) is 0.476. The second kappa shape index (κ2) is 9.19. The van der Waals surface area contributed by atoms with Crippen molar-refractivity contribution in [2.24, 2.45) is 0 Å². The Morgan fingerprint density at radius 2 is 1.93 bits per heavy atom. The lowest BCUT2D eigenvalue weighted by atomic mass is 10.1. The minimum Gasteiger partial charge on any atom is -0.383 e. The summed E-state index contributed by atoms with van der Waals surface area (Å²) < 4.78 is 28.3. The average Bonchev–Trinajstić information content (AvgIpc) is 2.69. The Kier molecular flexibility index (Phi) is 6.63. The van der Waals surface area contributed by atoms with E-state index in [-0.39, 0.29) is 30.3 Å². The Balaban J connectivity index is 1.90. The number of aromatic amines is 1. The van der Waals surface area contributed by atoms with E-state index < -0.39 is 9.84 Å². The second-order valence-electron chi connectivity index (χ2n) is 7.02. The van der Waals surface area contributed by atoms with Crippen molar-refractivity contribution >= 4 is 26.6 Å². The number of carbonyl (C=O) groups is 1. The van der Waals surface area contributed by atoms with Crippen LogP contribution in [0, 0.1) is 0 Å². The van der Waals surface area contributed by atoms with Crippen molar-refractivity contribution < 1.29 is 17.9 Å². The number of H-pyrrole nitrogens is 1. The van der Waals surface area contributed by atoms with Crippen LogP contribution >= 0.6 is 0 Å². The summed E-state index contributed by atoms with van der Waals surface area (Å²) in [6.45, 7) is 0.660. The first-order chi connectivity index (χ1) is 14.3. The molecule has 158 valence electrons. The standard InChI is InChI=1S/C21H23N3O5S/c1-29-11-10-24(13-19-22-18-9-4-3-8-17(18)20(25)23-19)21(26)16-7-5-6-15(12-16)14-30(2,27)28/h3-9,12H,10-11,13-14H2,1-2H3,(H,22,23,25). The molecule has 0 aliphatic rings. The van der Waals surface area contributed by atoms with Gasteiger partial charge in [-0.3, -0.25) is 9.59 Å². The summed E-state index contributed by atoms with van der Waals surface area (Å²) in [6.07, 6.45) is 1.15. The van der Waals surface area contributed by atoms with Crippen LogP contribution in [0.25, 0.3) is 10.9 Å². The fourth-order valence-corrected chi connectivity index (χ4v) is 3.91. The number of nitrogens with one attached hydrogen (secondary N) is 1.